The summed E-state index contributed by atoms with van der Waals surface area (Å²) in [6, 6.07) is 1.13. The van der Waals surface area contributed by atoms with Crippen LogP contribution in [0.2, 0.25) is 0 Å². The van der Waals surface area contributed by atoms with Crippen molar-refractivity contribution in [2.45, 2.75) is 64.1 Å². The maximum Gasteiger partial charge on any atom is 0.237 e. The van der Waals surface area contributed by atoms with Crippen molar-refractivity contribution in [3.8, 4) is 0 Å². The minimum Gasteiger partial charge on any atom is -0.368 e. The fraction of sp³-hybridized carbons (Fsp3) is 0.923. The highest BCUT2D eigenvalue weighted by Gasteiger charge is 2.37. The third-order valence-electron chi connectivity index (χ3n) is 3.86. The molecule has 0 aromatic carbocycles. The van der Waals surface area contributed by atoms with Crippen LogP contribution in [0.3, 0.4) is 0 Å². The molecule has 0 bridgehead atoms. The molecule has 1 aliphatic rings. The predicted molar refractivity (Wildman–Crippen MR) is 70.8 cm³/mol. The zero-order valence-corrected chi connectivity index (χ0v) is 11.6. The van der Waals surface area contributed by atoms with Crippen LogP contribution in [0.4, 0.5) is 0 Å². The van der Waals surface area contributed by atoms with Gasteiger partial charge in [0, 0.05) is 12.1 Å². The fourth-order valence-electron chi connectivity index (χ4n) is 2.46. The van der Waals surface area contributed by atoms with E-state index in [2.05, 4.69) is 24.1 Å². The van der Waals surface area contributed by atoms with Crippen LogP contribution < -0.4 is 11.1 Å². The lowest BCUT2D eigenvalue weighted by Gasteiger charge is -2.35. The van der Waals surface area contributed by atoms with Crippen LogP contribution in [-0.4, -0.2) is 42.0 Å². The monoisotopic (exact) mass is 241 g/mol. The van der Waals surface area contributed by atoms with Gasteiger partial charge in [-0.05, 0) is 53.1 Å². The Morgan fingerprint density at radius 3 is 2.53 bits per heavy atom. The number of nitrogens with one attached hydrogen (secondary N) is 1. The van der Waals surface area contributed by atoms with E-state index in [0.29, 0.717) is 6.04 Å². The average Bonchev–Trinajstić information content (AvgIpc) is 3.09. The van der Waals surface area contributed by atoms with Gasteiger partial charge in [0.1, 0.15) is 0 Å². The molecule has 0 radical (unpaired) electrons. The summed E-state index contributed by atoms with van der Waals surface area (Å²) in [5.41, 5.74) is 4.88. The van der Waals surface area contributed by atoms with Crippen LogP contribution >= 0.6 is 0 Å². The number of carbonyl (C=O) groups excluding carboxylic acids is 1. The normalized spacial score (nSPS) is 21.2. The topological polar surface area (TPSA) is 58.4 Å². The Bertz CT molecular complexity index is 265. The van der Waals surface area contributed by atoms with Crippen molar-refractivity contribution in [2.75, 3.05) is 13.6 Å². The Hall–Kier alpha value is -0.610. The highest BCUT2D eigenvalue weighted by atomic mass is 16.1. The number of hydrogen-bond acceptors (Lipinski definition) is 3. The number of primary amides is 1. The van der Waals surface area contributed by atoms with Crippen LogP contribution in [0.5, 0.6) is 0 Å². The fourth-order valence-corrected chi connectivity index (χ4v) is 2.46. The molecular formula is C13H27N3O. The molecule has 0 aromatic rings. The first-order valence-electron chi connectivity index (χ1n) is 6.69. The van der Waals surface area contributed by atoms with Crippen LogP contribution in [-0.2, 0) is 4.79 Å². The first-order chi connectivity index (χ1) is 7.94. The summed E-state index contributed by atoms with van der Waals surface area (Å²) in [5, 5.41) is 3.06. The summed E-state index contributed by atoms with van der Waals surface area (Å²) in [5.74, 6) is -0.265. The summed E-state index contributed by atoms with van der Waals surface area (Å²) in [4.78, 5) is 14.0. The molecular weight excluding hydrogens is 214 g/mol. The molecule has 3 N–H and O–H groups in total. The van der Waals surface area contributed by atoms with Gasteiger partial charge in [-0.15, -0.1) is 0 Å². The second-order valence-electron chi connectivity index (χ2n) is 5.47. The van der Waals surface area contributed by atoms with Gasteiger partial charge in [-0.3, -0.25) is 9.69 Å². The zero-order chi connectivity index (χ0) is 13.1. The summed E-state index contributed by atoms with van der Waals surface area (Å²) in [7, 11) is 1.80. The number of nitrogens with two attached hydrogens (primary N) is 1. The first-order valence-corrected chi connectivity index (χ1v) is 6.69. The maximum atomic E-state index is 11.5. The lowest BCUT2D eigenvalue weighted by atomic mass is 9.92. The largest absolute Gasteiger partial charge is 0.368 e. The summed E-state index contributed by atoms with van der Waals surface area (Å²) in [6.07, 6.45) is 4.54. The predicted octanol–water partition coefficient (Wildman–Crippen LogP) is 1.10. The average molecular weight is 241 g/mol. The molecule has 0 heterocycles. The molecule has 100 valence electrons. The number of amides is 1. The van der Waals surface area contributed by atoms with Gasteiger partial charge in [0.15, 0.2) is 0 Å². The van der Waals surface area contributed by atoms with Crippen molar-refractivity contribution < 1.29 is 4.79 Å². The highest BCUT2D eigenvalue weighted by Crippen LogP contribution is 2.30. The molecule has 1 rings (SSSR count). The number of nitrogens with zero attached hydrogens (tertiary/aromatic N) is 1. The van der Waals surface area contributed by atoms with Gasteiger partial charge in [-0.25, -0.2) is 0 Å². The third kappa shape index (κ3) is 3.68. The van der Waals surface area contributed by atoms with Crippen molar-refractivity contribution in [1.82, 2.24) is 10.2 Å². The van der Waals surface area contributed by atoms with Gasteiger partial charge in [0.25, 0.3) is 0 Å². The Morgan fingerprint density at radius 2 is 2.18 bits per heavy atom. The van der Waals surface area contributed by atoms with E-state index in [9.17, 15) is 4.79 Å². The lowest BCUT2D eigenvalue weighted by Crippen LogP contribution is -2.55. The lowest BCUT2D eigenvalue weighted by molar-refractivity contribution is -0.124. The van der Waals surface area contributed by atoms with E-state index in [0.717, 1.165) is 25.4 Å². The Morgan fingerprint density at radius 1 is 1.59 bits per heavy atom. The summed E-state index contributed by atoms with van der Waals surface area (Å²) >= 11 is 0. The second-order valence-corrected chi connectivity index (χ2v) is 5.47. The molecule has 0 aliphatic heterocycles. The van der Waals surface area contributed by atoms with Crippen molar-refractivity contribution in [3.05, 3.63) is 0 Å². The van der Waals surface area contributed by atoms with Crippen LogP contribution in [0.25, 0.3) is 0 Å². The van der Waals surface area contributed by atoms with Gasteiger partial charge in [0.2, 0.25) is 5.91 Å². The van der Waals surface area contributed by atoms with E-state index in [1.54, 1.807) is 7.05 Å². The zero-order valence-electron chi connectivity index (χ0n) is 11.6. The number of likely N-dealkylation sites (N-methyl/N-ethyl adjacent to an activating group) is 1. The molecule has 0 aromatic heterocycles. The van der Waals surface area contributed by atoms with E-state index >= 15 is 0 Å². The SMILES string of the molecule is CCCN(C(C)CC(C)(NC)C(N)=O)C1CC1. The number of hydrogen-bond donors (Lipinski definition) is 2. The van der Waals surface area contributed by atoms with E-state index in [4.69, 9.17) is 5.73 Å². The second kappa shape index (κ2) is 5.83. The van der Waals surface area contributed by atoms with Crippen LogP contribution in [0.1, 0.15) is 46.5 Å². The molecule has 1 amide bonds. The van der Waals surface area contributed by atoms with Crippen molar-refractivity contribution in [3.63, 3.8) is 0 Å². The van der Waals surface area contributed by atoms with Crippen molar-refractivity contribution in [2.24, 2.45) is 5.73 Å². The molecule has 2 unspecified atom stereocenters. The first kappa shape index (κ1) is 14.5. The Balaban J connectivity index is 2.61. The molecule has 17 heavy (non-hydrogen) atoms. The summed E-state index contributed by atoms with van der Waals surface area (Å²) in [6.45, 7) is 7.41. The minimum atomic E-state index is -0.597. The molecule has 4 nitrogen and oxygen atoms in total. The highest BCUT2D eigenvalue weighted by molar-refractivity contribution is 5.84. The van der Waals surface area contributed by atoms with Gasteiger partial charge < -0.3 is 11.1 Å². The number of carbonyl (C=O) groups is 1. The molecule has 0 saturated heterocycles. The van der Waals surface area contributed by atoms with Crippen molar-refractivity contribution in [1.29, 1.82) is 0 Å². The molecule has 0 spiro atoms. The maximum absolute atomic E-state index is 11.5. The van der Waals surface area contributed by atoms with E-state index < -0.39 is 5.54 Å². The third-order valence-corrected chi connectivity index (χ3v) is 3.86. The molecule has 1 fully saturated rings. The van der Waals surface area contributed by atoms with Gasteiger partial charge in [0.05, 0.1) is 5.54 Å². The van der Waals surface area contributed by atoms with Gasteiger partial charge >= 0.3 is 0 Å². The molecule has 1 saturated carbocycles. The van der Waals surface area contributed by atoms with E-state index in [1.165, 1.54) is 12.8 Å². The Labute approximate surface area is 105 Å². The molecule has 2 atom stereocenters. The Kier molecular flexibility index (Phi) is 4.95. The minimum absolute atomic E-state index is 0.265. The number of rotatable bonds is 8. The van der Waals surface area contributed by atoms with Gasteiger partial charge in [-0.1, -0.05) is 6.92 Å². The van der Waals surface area contributed by atoms with E-state index in [-0.39, 0.29) is 5.91 Å². The quantitative estimate of drug-likeness (QED) is 0.669. The van der Waals surface area contributed by atoms with Crippen LogP contribution in [0, 0.1) is 0 Å². The molecule has 4 heteroatoms. The molecule has 1 aliphatic carbocycles. The van der Waals surface area contributed by atoms with Crippen LogP contribution in [0.15, 0.2) is 0 Å². The van der Waals surface area contributed by atoms with E-state index in [1.807, 2.05) is 6.92 Å². The van der Waals surface area contributed by atoms with Gasteiger partial charge in [-0.2, -0.15) is 0 Å². The standard InChI is InChI=1S/C13H27N3O/c1-5-8-16(11-6-7-11)10(2)9-13(3,15-4)12(14)17/h10-11,15H,5-9H2,1-4H3,(H2,14,17). The summed E-state index contributed by atoms with van der Waals surface area (Å²) < 4.78 is 0. The van der Waals surface area contributed by atoms with Crippen molar-refractivity contribution >= 4 is 5.91 Å². The smallest absolute Gasteiger partial charge is 0.237 e.